The fraction of sp³-hybridized carbons (Fsp3) is 1.00. The first-order valence-corrected chi connectivity index (χ1v) is 5.33. The van der Waals surface area contributed by atoms with Gasteiger partial charge in [0.2, 0.25) is 0 Å². The Morgan fingerprint density at radius 2 is 2.30 bits per heavy atom. The lowest BCUT2D eigenvalue weighted by Gasteiger charge is -2.27. The largest absolute Gasteiger partial charge is 0.305 e. The van der Waals surface area contributed by atoms with Crippen molar-refractivity contribution in [1.82, 2.24) is 4.90 Å². The number of likely N-dealkylation sites (tertiary alicyclic amines) is 1. The summed E-state index contributed by atoms with van der Waals surface area (Å²) in [6.45, 7) is 2.19. The molecular formula is C7H15NOS. The molecular weight excluding hydrogens is 146 g/mol. The molecule has 60 valence electrons. The van der Waals surface area contributed by atoms with Crippen LogP contribution in [0.4, 0.5) is 0 Å². The Hall–Kier alpha value is 0.110. The van der Waals surface area contributed by atoms with E-state index in [9.17, 15) is 4.21 Å². The SMILES string of the molecule is CN1CCCC(S(C)=O)C1. The highest BCUT2D eigenvalue weighted by Crippen LogP contribution is 2.11. The average molecular weight is 161 g/mol. The number of hydrogen-bond acceptors (Lipinski definition) is 2. The van der Waals surface area contributed by atoms with Gasteiger partial charge >= 0.3 is 0 Å². The third-order valence-corrected chi connectivity index (χ3v) is 3.37. The highest BCUT2D eigenvalue weighted by Gasteiger charge is 2.19. The average Bonchev–Trinajstić information content (AvgIpc) is 1.88. The molecule has 2 atom stereocenters. The van der Waals surface area contributed by atoms with Gasteiger partial charge in [-0.2, -0.15) is 0 Å². The summed E-state index contributed by atoms with van der Waals surface area (Å²) in [5.41, 5.74) is 0. The van der Waals surface area contributed by atoms with Gasteiger partial charge in [0.05, 0.1) is 0 Å². The minimum absolute atomic E-state index is 0.429. The minimum atomic E-state index is -0.614. The lowest BCUT2D eigenvalue weighted by atomic mass is 10.1. The summed E-state index contributed by atoms with van der Waals surface area (Å²) in [5, 5.41) is 0.429. The van der Waals surface area contributed by atoms with Crippen LogP contribution in [0.15, 0.2) is 0 Å². The van der Waals surface area contributed by atoms with Crippen molar-refractivity contribution in [3.63, 3.8) is 0 Å². The Morgan fingerprint density at radius 3 is 2.70 bits per heavy atom. The summed E-state index contributed by atoms with van der Waals surface area (Å²) >= 11 is 0. The maximum absolute atomic E-state index is 11.0. The molecule has 0 aromatic carbocycles. The second-order valence-corrected chi connectivity index (χ2v) is 4.69. The Balaban J connectivity index is 2.39. The summed E-state index contributed by atoms with van der Waals surface area (Å²) in [5.74, 6) is 0. The Bertz CT molecular complexity index is 138. The molecule has 3 heteroatoms. The summed E-state index contributed by atoms with van der Waals surface area (Å²) in [7, 11) is 1.48. The van der Waals surface area contributed by atoms with Gasteiger partial charge in [-0.3, -0.25) is 4.21 Å². The molecule has 0 aromatic heterocycles. The van der Waals surface area contributed by atoms with E-state index in [1.807, 2.05) is 6.26 Å². The Morgan fingerprint density at radius 1 is 1.60 bits per heavy atom. The van der Waals surface area contributed by atoms with Crippen LogP contribution in [-0.4, -0.2) is 40.8 Å². The number of piperidine rings is 1. The maximum Gasteiger partial charge on any atom is 0.0472 e. The third-order valence-electron chi connectivity index (χ3n) is 2.05. The van der Waals surface area contributed by atoms with Crippen LogP contribution in [-0.2, 0) is 10.8 Å². The fourth-order valence-electron chi connectivity index (χ4n) is 1.39. The normalized spacial score (nSPS) is 32.0. The number of hydrogen-bond donors (Lipinski definition) is 0. The molecule has 0 spiro atoms. The van der Waals surface area contributed by atoms with E-state index in [1.54, 1.807) is 0 Å². The smallest absolute Gasteiger partial charge is 0.0472 e. The van der Waals surface area contributed by atoms with Crippen molar-refractivity contribution in [2.75, 3.05) is 26.4 Å². The van der Waals surface area contributed by atoms with Crippen LogP contribution < -0.4 is 0 Å². The van der Waals surface area contributed by atoms with Gasteiger partial charge in [0.15, 0.2) is 0 Å². The van der Waals surface area contributed by atoms with Gasteiger partial charge in [0.1, 0.15) is 0 Å². The first-order valence-electron chi connectivity index (χ1n) is 3.71. The maximum atomic E-state index is 11.0. The van der Waals surface area contributed by atoms with Crippen molar-refractivity contribution in [2.24, 2.45) is 0 Å². The molecule has 0 radical (unpaired) electrons. The van der Waals surface area contributed by atoms with Crippen molar-refractivity contribution in [2.45, 2.75) is 18.1 Å². The third kappa shape index (κ3) is 2.06. The molecule has 0 aromatic rings. The summed E-state index contributed by atoms with van der Waals surface area (Å²) in [6.07, 6.45) is 4.16. The van der Waals surface area contributed by atoms with E-state index >= 15 is 0 Å². The Labute approximate surface area is 65.1 Å². The highest BCUT2D eigenvalue weighted by atomic mass is 32.2. The molecule has 2 unspecified atom stereocenters. The van der Waals surface area contributed by atoms with Crippen LogP contribution in [0.3, 0.4) is 0 Å². The first kappa shape index (κ1) is 8.21. The van der Waals surface area contributed by atoms with Gasteiger partial charge in [0.25, 0.3) is 0 Å². The molecule has 1 saturated heterocycles. The van der Waals surface area contributed by atoms with Crippen LogP contribution in [0.1, 0.15) is 12.8 Å². The van der Waals surface area contributed by atoms with Crippen molar-refractivity contribution < 1.29 is 4.21 Å². The minimum Gasteiger partial charge on any atom is -0.305 e. The molecule has 1 aliphatic heterocycles. The van der Waals surface area contributed by atoms with E-state index in [1.165, 1.54) is 13.0 Å². The lowest BCUT2D eigenvalue weighted by Crippen LogP contribution is -2.37. The summed E-state index contributed by atoms with van der Waals surface area (Å²) in [6, 6.07) is 0. The van der Waals surface area contributed by atoms with Crippen LogP contribution in [0.2, 0.25) is 0 Å². The van der Waals surface area contributed by atoms with E-state index in [0.717, 1.165) is 13.0 Å². The number of rotatable bonds is 1. The molecule has 0 amide bonds. The molecule has 1 heterocycles. The molecule has 1 aliphatic rings. The lowest BCUT2D eigenvalue weighted by molar-refractivity contribution is 0.281. The standard InChI is InChI=1S/C7H15NOS/c1-8-5-3-4-7(6-8)10(2)9/h7H,3-6H2,1-2H3. The predicted molar refractivity (Wildman–Crippen MR) is 44.6 cm³/mol. The molecule has 1 rings (SSSR count). The van der Waals surface area contributed by atoms with Gasteiger partial charge in [-0.15, -0.1) is 0 Å². The van der Waals surface area contributed by atoms with Crippen molar-refractivity contribution in [1.29, 1.82) is 0 Å². The van der Waals surface area contributed by atoms with E-state index in [4.69, 9.17) is 0 Å². The quantitative estimate of drug-likeness (QED) is 0.557. The second kappa shape index (κ2) is 3.49. The van der Waals surface area contributed by atoms with Crippen LogP contribution in [0.5, 0.6) is 0 Å². The summed E-state index contributed by atoms with van der Waals surface area (Å²) in [4.78, 5) is 2.26. The monoisotopic (exact) mass is 161 g/mol. The number of nitrogens with zero attached hydrogens (tertiary/aromatic N) is 1. The van der Waals surface area contributed by atoms with E-state index in [-0.39, 0.29) is 0 Å². The molecule has 0 bridgehead atoms. The van der Waals surface area contributed by atoms with E-state index < -0.39 is 10.8 Å². The molecule has 0 saturated carbocycles. The molecule has 0 N–H and O–H groups in total. The molecule has 0 aliphatic carbocycles. The zero-order chi connectivity index (χ0) is 7.56. The van der Waals surface area contributed by atoms with Crippen LogP contribution in [0.25, 0.3) is 0 Å². The molecule has 1 fully saturated rings. The van der Waals surface area contributed by atoms with Gasteiger partial charge < -0.3 is 4.90 Å². The second-order valence-electron chi connectivity index (χ2n) is 3.03. The zero-order valence-electron chi connectivity index (χ0n) is 6.67. The van der Waals surface area contributed by atoms with Crippen molar-refractivity contribution in [3.8, 4) is 0 Å². The van der Waals surface area contributed by atoms with Crippen LogP contribution in [0, 0.1) is 0 Å². The van der Waals surface area contributed by atoms with Gasteiger partial charge in [0, 0.05) is 28.9 Å². The molecule has 2 nitrogen and oxygen atoms in total. The van der Waals surface area contributed by atoms with E-state index in [2.05, 4.69) is 11.9 Å². The zero-order valence-corrected chi connectivity index (χ0v) is 7.49. The molecule has 10 heavy (non-hydrogen) atoms. The Kier molecular flexibility index (Phi) is 2.86. The van der Waals surface area contributed by atoms with Crippen molar-refractivity contribution in [3.05, 3.63) is 0 Å². The fourth-order valence-corrected chi connectivity index (χ4v) is 2.35. The van der Waals surface area contributed by atoms with Crippen LogP contribution >= 0.6 is 0 Å². The summed E-state index contributed by atoms with van der Waals surface area (Å²) < 4.78 is 11.0. The highest BCUT2D eigenvalue weighted by molar-refractivity contribution is 7.84. The van der Waals surface area contributed by atoms with Crippen molar-refractivity contribution >= 4 is 10.8 Å². The predicted octanol–water partition coefficient (Wildman–Crippen LogP) is 0.459. The van der Waals surface area contributed by atoms with Gasteiger partial charge in [-0.25, -0.2) is 0 Å². The first-order chi connectivity index (χ1) is 4.70. The van der Waals surface area contributed by atoms with Gasteiger partial charge in [-0.05, 0) is 26.4 Å². The van der Waals surface area contributed by atoms with E-state index in [0.29, 0.717) is 5.25 Å². The topological polar surface area (TPSA) is 20.3 Å². The van der Waals surface area contributed by atoms with Gasteiger partial charge in [-0.1, -0.05) is 0 Å².